The van der Waals surface area contributed by atoms with Crippen LogP contribution in [0.4, 0.5) is 4.39 Å². The Labute approximate surface area is 358 Å². The Hall–Kier alpha value is -5.29. The van der Waals surface area contributed by atoms with Gasteiger partial charge < -0.3 is 34.2 Å². The predicted octanol–water partition coefficient (Wildman–Crippen LogP) is 9.99. The third kappa shape index (κ3) is 9.03. The molecule has 4 aromatic rings. The Kier molecular flexibility index (Phi) is 13.3. The van der Waals surface area contributed by atoms with Crippen molar-refractivity contribution in [1.29, 1.82) is 0 Å². The molecule has 0 bridgehead atoms. The van der Waals surface area contributed by atoms with Crippen LogP contribution in [0.2, 0.25) is 0 Å². The van der Waals surface area contributed by atoms with Crippen molar-refractivity contribution >= 4 is 11.6 Å². The molecular weight excluding hydrogens is 772 g/mol. The number of ether oxygens (including phenoxy) is 3. The number of carbonyl (C=O) groups excluding carboxylic acids is 1. The Morgan fingerprint density at radius 2 is 1.62 bits per heavy atom. The van der Waals surface area contributed by atoms with Gasteiger partial charge in [0.25, 0.3) is 0 Å². The molecule has 9 nitrogen and oxygen atoms in total. The summed E-state index contributed by atoms with van der Waals surface area (Å²) in [4.78, 5) is 22.1. The number of halogens is 1. The van der Waals surface area contributed by atoms with Crippen molar-refractivity contribution in [2.75, 3.05) is 26.9 Å². The number of unbranched alkanes of at least 4 members (excludes halogenated alkanes) is 2. The van der Waals surface area contributed by atoms with Crippen LogP contribution in [-0.4, -0.2) is 65.5 Å². The van der Waals surface area contributed by atoms with Crippen molar-refractivity contribution in [1.82, 2.24) is 4.90 Å². The fraction of sp³-hybridized carbons (Fsp3) is 0.412. The molecule has 0 spiro atoms. The lowest BCUT2D eigenvalue weighted by atomic mass is 9.55. The van der Waals surface area contributed by atoms with Gasteiger partial charge in [0.05, 0.1) is 18.2 Å². The van der Waals surface area contributed by atoms with Crippen LogP contribution in [0.3, 0.4) is 0 Å². The lowest BCUT2D eigenvalue weighted by Crippen LogP contribution is -2.70. The molecule has 6 unspecified atom stereocenters. The minimum atomic E-state index is -1.38. The van der Waals surface area contributed by atoms with Gasteiger partial charge in [-0.1, -0.05) is 84.7 Å². The highest BCUT2D eigenvalue weighted by Gasteiger charge is 2.66. The third-order valence-corrected chi connectivity index (χ3v) is 12.9. The van der Waals surface area contributed by atoms with Gasteiger partial charge in [-0.2, -0.15) is 0 Å². The molecule has 4 aromatic carbocycles. The number of nitrogens with zero attached hydrogens (tertiary/aromatic N) is 2. The summed E-state index contributed by atoms with van der Waals surface area (Å²) in [5.74, 6) is -0.293. The number of hydrogen-bond donors (Lipinski definition) is 2. The molecule has 6 atom stereocenters. The molecule has 1 aliphatic heterocycles. The van der Waals surface area contributed by atoms with Gasteiger partial charge in [-0.05, 0) is 115 Å². The maximum absolute atomic E-state index is 14.7. The van der Waals surface area contributed by atoms with Crippen molar-refractivity contribution in [2.45, 2.75) is 82.1 Å². The molecule has 10 heteroatoms. The predicted molar refractivity (Wildman–Crippen MR) is 234 cm³/mol. The summed E-state index contributed by atoms with van der Waals surface area (Å²) in [6, 6.07) is 29.9. The van der Waals surface area contributed by atoms with E-state index >= 15 is 0 Å². The van der Waals surface area contributed by atoms with Gasteiger partial charge in [0.15, 0.2) is 0 Å². The van der Waals surface area contributed by atoms with Crippen LogP contribution >= 0.6 is 0 Å². The zero-order valence-electron chi connectivity index (χ0n) is 35.0. The molecule has 0 radical (unpaired) electrons. The number of allylic oxidation sites excluding steroid dienone is 1. The van der Waals surface area contributed by atoms with Crippen molar-refractivity contribution < 1.29 is 38.4 Å². The second kappa shape index (κ2) is 19.2. The average Bonchev–Trinajstić information content (AvgIpc) is 4.14. The van der Waals surface area contributed by atoms with E-state index in [4.69, 9.17) is 24.2 Å². The van der Waals surface area contributed by atoms with Gasteiger partial charge in [-0.25, -0.2) is 4.39 Å². The SMILES string of the molecule is C=CCOC12Oc3ccc(Oc4ccc(-c5ccccc5)cc4)cc3C3C(CCCCO)C(CCCCO)C=C(C(=NOC)CC1N(Cc1ccc(F)cc1)C(=O)C1CC1)C32. The summed E-state index contributed by atoms with van der Waals surface area (Å²) in [7, 11) is 1.55. The Bertz CT molecular complexity index is 2190. The number of fused-ring (bicyclic) bond motifs is 2. The summed E-state index contributed by atoms with van der Waals surface area (Å²) in [5.41, 5.74) is 5.68. The van der Waals surface area contributed by atoms with E-state index < -0.39 is 17.7 Å². The number of aliphatic hydroxyl groups excluding tert-OH is 2. The van der Waals surface area contributed by atoms with E-state index in [1.807, 2.05) is 47.4 Å². The normalized spacial score (nSPS) is 24.5. The van der Waals surface area contributed by atoms with E-state index in [0.29, 0.717) is 36.5 Å². The topological polar surface area (TPSA) is 110 Å². The Morgan fingerprint density at radius 3 is 2.31 bits per heavy atom. The first-order valence-corrected chi connectivity index (χ1v) is 21.9. The lowest BCUT2D eigenvalue weighted by molar-refractivity contribution is -0.258. The monoisotopic (exact) mass is 828 g/mol. The van der Waals surface area contributed by atoms with Crippen molar-refractivity contribution in [3.8, 4) is 28.4 Å². The van der Waals surface area contributed by atoms with E-state index in [1.54, 1.807) is 25.3 Å². The number of carbonyl (C=O) groups is 1. The third-order valence-electron chi connectivity index (χ3n) is 12.9. The number of rotatable bonds is 19. The summed E-state index contributed by atoms with van der Waals surface area (Å²) in [5, 5.41) is 24.5. The highest BCUT2D eigenvalue weighted by Crippen LogP contribution is 2.62. The lowest BCUT2D eigenvalue weighted by Gasteiger charge is -2.60. The fourth-order valence-electron chi connectivity index (χ4n) is 10.00. The zero-order chi connectivity index (χ0) is 42.3. The molecule has 2 fully saturated rings. The van der Waals surface area contributed by atoms with Gasteiger partial charge in [-0.3, -0.25) is 4.79 Å². The zero-order valence-corrected chi connectivity index (χ0v) is 35.0. The van der Waals surface area contributed by atoms with Crippen molar-refractivity contribution in [3.05, 3.63) is 138 Å². The minimum Gasteiger partial charge on any atom is -0.459 e. The van der Waals surface area contributed by atoms with Crippen LogP contribution in [-0.2, 0) is 20.9 Å². The van der Waals surface area contributed by atoms with Crippen molar-refractivity contribution in [3.63, 3.8) is 0 Å². The highest BCUT2D eigenvalue weighted by atomic mass is 19.1. The molecule has 8 rings (SSSR count). The number of amides is 1. The maximum atomic E-state index is 14.7. The smallest absolute Gasteiger partial charge is 0.239 e. The average molecular weight is 829 g/mol. The molecule has 1 heterocycles. The maximum Gasteiger partial charge on any atom is 0.239 e. The van der Waals surface area contributed by atoms with Gasteiger partial charge in [0, 0.05) is 43.6 Å². The van der Waals surface area contributed by atoms with Crippen LogP contribution in [0.1, 0.15) is 74.8 Å². The Morgan fingerprint density at radius 1 is 0.918 bits per heavy atom. The quantitative estimate of drug-likeness (QED) is 0.0550. The van der Waals surface area contributed by atoms with Gasteiger partial charge in [-0.15, -0.1) is 6.58 Å². The second-order valence-electron chi connectivity index (χ2n) is 16.8. The first kappa shape index (κ1) is 42.4. The largest absolute Gasteiger partial charge is 0.459 e. The molecule has 4 aliphatic rings. The first-order chi connectivity index (χ1) is 29.9. The Balaban J connectivity index is 1.28. The van der Waals surface area contributed by atoms with Crippen LogP contribution in [0.5, 0.6) is 17.2 Å². The first-order valence-electron chi connectivity index (χ1n) is 21.9. The molecule has 3 aliphatic carbocycles. The van der Waals surface area contributed by atoms with Crippen molar-refractivity contribution in [2.24, 2.45) is 28.8 Å². The van der Waals surface area contributed by atoms with Crippen LogP contribution in [0.25, 0.3) is 11.1 Å². The van der Waals surface area contributed by atoms with Gasteiger partial charge in [0.1, 0.15) is 36.2 Å². The summed E-state index contributed by atoms with van der Waals surface area (Å²) in [6.07, 6.45) is 10.6. The highest BCUT2D eigenvalue weighted by molar-refractivity contribution is 6.03. The van der Waals surface area contributed by atoms with E-state index in [0.717, 1.165) is 72.1 Å². The van der Waals surface area contributed by atoms with E-state index in [9.17, 15) is 19.4 Å². The molecule has 2 saturated carbocycles. The number of benzene rings is 4. The molecule has 1 amide bonds. The molecule has 320 valence electrons. The molecule has 61 heavy (non-hydrogen) atoms. The van der Waals surface area contributed by atoms with E-state index in [2.05, 4.69) is 43.0 Å². The van der Waals surface area contributed by atoms with Crippen LogP contribution < -0.4 is 9.47 Å². The number of hydrogen-bond acceptors (Lipinski definition) is 8. The minimum absolute atomic E-state index is 0.00487. The number of oxime groups is 1. The fourth-order valence-corrected chi connectivity index (χ4v) is 10.00. The number of aliphatic hydroxyl groups is 2. The summed E-state index contributed by atoms with van der Waals surface area (Å²) in [6.45, 7) is 4.64. The molecular formula is C51H57FN2O7. The van der Waals surface area contributed by atoms with E-state index in [-0.39, 0.29) is 61.8 Å². The molecule has 0 aromatic heterocycles. The van der Waals surface area contributed by atoms with Crippen LogP contribution in [0.15, 0.2) is 127 Å². The standard InChI is InChI=1S/C51H57FN2O7/c1-3-29-59-51-47(54(50(57)37-17-18-37)33-34-15-21-39(52)22-16-34)32-45(53-58-2)43-30-38(13-7-9-27-55)42(14-8-10-28-56)48(49(43)51)44-31-41(25-26-46(44)61-51)60-40-23-19-36(20-24-40)35-11-5-4-6-12-35/h3-6,11-12,15-16,19-26,30-31,37-38,42,47-49,55-56H,1,7-10,13-14,17-18,27-29,32-33H2,2H3. The van der Waals surface area contributed by atoms with Gasteiger partial charge >= 0.3 is 0 Å². The second-order valence-corrected chi connectivity index (χ2v) is 16.8. The summed E-state index contributed by atoms with van der Waals surface area (Å²) >= 11 is 0. The summed E-state index contributed by atoms with van der Waals surface area (Å²) < 4.78 is 35.3. The molecule has 2 N–H and O–H groups in total. The molecule has 0 saturated heterocycles. The van der Waals surface area contributed by atoms with Gasteiger partial charge in [0.2, 0.25) is 11.7 Å². The van der Waals surface area contributed by atoms with Crippen LogP contribution in [0, 0.1) is 29.5 Å². The van der Waals surface area contributed by atoms with E-state index in [1.165, 1.54) is 12.1 Å².